The molecule has 0 bridgehead atoms. The number of ether oxygens (including phenoxy) is 1. The molecule has 0 aromatic heterocycles. The first-order chi connectivity index (χ1) is 8.99. The van der Waals surface area contributed by atoms with Crippen LogP contribution in [0, 0.1) is 10.1 Å². The molecule has 0 saturated carbocycles. The van der Waals surface area contributed by atoms with E-state index in [9.17, 15) is 14.9 Å². The van der Waals surface area contributed by atoms with Crippen molar-refractivity contribution in [3.05, 3.63) is 33.9 Å². The zero-order valence-corrected chi connectivity index (χ0v) is 11.1. The average Bonchev–Trinajstić information content (AvgIpc) is 2.43. The van der Waals surface area contributed by atoms with Crippen molar-refractivity contribution in [2.45, 2.75) is 13.0 Å². The number of benzene rings is 1. The summed E-state index contributed by atoms with van der Waals surface area (Å²) >= 11 is 0. The molecule has 0 spiro atoms. The lowest BCUT2D eigenvalue weighted by atomic mass is 10.1. The van der Waals surface area contributed by atoms with Gasteiger partial charge in [0.1, 0.15) is 5.69 Å². The summed E-state index contributed by atoms with van der Waals surface area (Å²) in [6, 6.07) is 4.19. The van der Waals surface area contributed by atoms with Crippen molar-refractivity contribution in [2.75, 3.05) is 26.0 Å². The van der Waals surface area contributed by atoms with Gasteiger partial charge in [0, 0.05) is 32.3 Å². The second kappa shape index (κ2) is 6.69. The SMILES string of the molecule is CNC(=O)c1ccc([N+](=O)[O-])c(NCC(C)OC)c1. The van der Waals surface area contributed by atoms with Gasteiger partial charge in [-0.25, -0.2) is 0 Å². The second-order valence-electron chi connectivity index (χ2n) is 4.00. The number of carbonyl (C=O) groups is 1. The highest BCUT2D eigenvalue weighted by Crippen LogP contribution is 2.25. The molecule has 0 radical (unpaired) electrons. The molecule has 7 nitrogen and oxygen atoms in total. The molecule has 1 rings (SSSR count). The molecule has 0 fully saturated rings. The van der Waals surface area contributed by atoms with Crippen LogP contribution in [0.25, 0.3) is 0 Å². The molecular formula is C12H17N3O4. The predicted molar refractivity (Wildman–Crippen MR) is 71.4 cm³/mol. The van der Waals surface area contributed by atoms with Crippen LogP contribution in [0.3, 0.4) is 0 Å². The van der Waals surface area contributed by atoms with E-state index in [2.05, 4.69) is 10.6 Å². The van der Waals surface area contributed by atoms with E-state index in [0.29, 0.717) is 17.8 Å². The second-order valence-corrected chi connectivity index (χ2v) is 4.00. The Bertz CT molecular complexity index is 476. The maximum atomic E-state index is 11.5. The molecule has 7 heteroatoms. The van der Waals surface area contributed by atoms with E-state index in [1.165, 1.54) is 25.2 Å². The van der Waals surface area contributed by atoms with Gasteiger partial charge >= 0.3 is 0 Å². The largest absolute Gasteiger partial charge is 0.380 e. The third-order valence-electron chi connectivity index (χ3n) is 2.66. The Labute approximate surface area is 111 Å². The molecule has 19 heavy (non-hydrogen) atoms. The minimum absolute atomic E-state index is 0.0732. The van der Waals surface area contributed by atoms with Gasteiger partial charge in [0.2, 0.25) is 0 Å². The molecule has 2 N–H and O–H groups in total. The molecule has 1 atom stereocenters. The van der Waals surface area contributed by atoms with Crippen molar-refractivity contribution < 1.29 is 14.5 Å². The summed E-state index contributed by atoms with van der Waals surface area (Å²) in [5.41, 5.74) is 0.589. The summed E-state index contributed by atoms with van der Waals surface area (Å²) in [7, 11) is 3.06. The smallest absolute Gasteiger partial charge is 0.292 e. The van der Waals surface area contributed by atoms with E-state index >= 15 is 0 Å². The van der Waals surface area contributed by atoms with Gasteiger partial charge in [-0.3, -0.25) is 14.9 Å². The molecule has 1 unspecified atom stereocenters. The number of nitrogens with one attached hydrogen (secondary N) is 2. The molecule has 0 heterocycles. The lowest BCUT2D eigenvalue weighted by molar-refractivity contribution is -0.384. The molecular weight excluding hydrogens is 250 g/mol. The number of nitro groups is 1. The molecule has 0 aliphatic rings. The summed E-state index contributed by atoms with van der Waals surface area (Å²) in [4.78, 5) is 21.9. The maximum absolute atomic E-state index is 11.5. The van der Waals surface area contributed by atoms with Crippen LogP contribution < -0.4 is 10.6 Å². The van der Waals surface area contributed by atoms with E-state index < -0.39 is 4.92 Å². The Balaban J connectivity index is 3.01. The van der Waals surface area contributed by atoms with Crippen molar-refractivity contribution in [3.8, 4) is 0 Å². The number of hydrogen-bond donors (Lipinski definition) is 2. The number of amides is 1. The molecule has 1 aromatic carbocycles. The number of hydrogen-bond acceptors (Lipinski definition) is 5. The third kappa shape index (κ3) is 3.92. The Hall–Kier alpha value is -2.15. The standard InChI is InChI=1S/C12H17N3O4/c1-8(19-3)7-14-10-6-9(12(16)13-2)4-5-11(10)15(17)18/h4-6,8,14H,7H2,1-3H3,(H,13,16). The Morgan fingerprint density at radius 3 is 2.74 bits per heavy atom. The van der Waals surface area contributed by atoms with E-state index in [4.69, 9.17) is 4.74 Å². The summed E-state index contributed by atoms with van der Waals surface area (Å²) in [6.45, 7) is 2.25. The molecule has 1 aromatic rings. The third-order valence-corrected chi connectivity index (χ3v) is 2.66. The maximum Gasteiger partial charge on any atom is 0.292 e. The lowest BCUT2D eigenvalue weighted by Crippen LogP contribution is -2.20. The minimum atomic E-state index is -0.493. The van der Waals surface area contributed by atoms with Gasteiger partial charge in [0.05, 0.1) is 11.0 Å². The van der Waals surface area contributed by atoms with Gasteiger partial charge in [-0.05, 0) is 19.1 Å². The highest BCUT2D eigenvalue weighted by molar-refractivity contribution is 5.95. The minimum Gasteiger partial charge on any atom is -0.380 e. The Morgan fingerprint density at radius 2 is 2.21 bits per heavy atom. The fourth-order valence-electron chi connectivity index (χ4n) is 1.46. The summed E-state index contributed by atoms with van der Waals surface area (Å²) in [6.07, 6.45) is -0.0942. The van der Waals surface area contributed by atoms with Gasteiger partial charge < -0.3 is 15.4 Å². The number of carbonyl (C=O) groups excluding carboxylic acids is 1. The van der Waals surface area contributed by atoms with Crippen molar-refractivity contribution >= 4 is 17.3 Å². The first-order valence-electron chi connectivity index (χ1n) is 5.76. The Morgan fingerprint density at radius 1 is 1.53 bits per heavy atom. The van der Waals surface area contributed by atoms with E-state index in [1.54, 1.807) is 7.11 Å². The summed E-state index contributed by atoms with van der Waals surface area (Å²) in [5, 5.41) is 16.3. The number of rotatable bonds is 6. The quantitative estimate of drug-likeness (QED) is 0.600. The zero-order chi connectivity index (χ0) is 14.4. The van der Waals surface area contributed by atoms with E-state index in [0.717, 1.165) is 0 Å². The van der Waals surface area contributed by atoms with Crippen LogP contribution in [0.4, 0.5) is 11.4 Å². The van der Waals surface area contributed by atoms with Gasteiger partial charge in [-0.1, -0.05) is 0 Å². The lowest BCUT2D eigenvalue weighted by Gasteiger charge is -2.12. The summed E-state index contributed by atoms with van der Waals surface area (Å²) < 4.78 is 5.06. The molecule has 0 aliphatic carbocycles. The predicted octanol–water partition coefficient (Wildman–Crippen LogP) is 1.40. The molecule has 0 aliphatic heterocycles. The Kier molecular flexibility index (Phi) is 5.25. The topological polar surface area (TPSA) is 93.5 Å². The molecule has 104 valence electrons. The number of nitro benzene ring substituents is 1. The van der Waals surface area contributed by atoms with Gasteiger partial charge in [-0.2, -0.15) is 0 Å². The van der Waals surface area contributed by atoms with Crippen LogP contribution in [0.2, 0.25) is 0 Å². The first kappa shape index (κ1) is 14.9. The normalized spacial score (nSPS) is 11.7. The number of nitrogens with zero attached hydrogens (tertiary/aromatic N) is 1. The first-order valence-corrected chi connectivity index (χ1v) is 5.76. The van der Waals surface area contributed by atoms with Crippen molar-refractivity contribution in [3.63, 3.8) is 0 Å². The molecule has 0 saturated heterocycles. The van der Waals surface area contributed by atoms with Crippen LogP contribution in [0.15, 0.2) is 18.2 Å². The monoisotopic (exact) mass is 267 g/mol. The number of anilines is 1. The van der Waals surface area contributed by atoms with Gasteiger partial charge in [-0.15, -0.1) is 0 Å². The average molecular weight is 267 g/mol. The fraction of sp³-hybridized carbons (Fsp3) is 0.417. The van der Waals surface area contributed by atoms with Crippen LogP contribution in [-0.2, 0) is 4.74 Å². The van der Waals surface area contributed by atoms with Crippen molar-refractivity contribution in [2.24, 2.45) is 0 Å². The molecule has 1 amide bonds. The van der Waals surface area contributed by atoms with Crippen LogP contribution in [0.1, 0.15) is 17.3 Å². The van der Waals surface area contributed by atoms with E-state index in [1.807, 2.05) is 6.92 Å². The van der Waals surface area contributed by atoms with Crippen LogP contribution in [-0.4, -0.2) is 37.6 Å². The highest BCUT2D eigenvalue weighted by atomic mass is 16.6. The fourth-order valence-corrected chi connectivity index (χ4v) is 1.46. The van der Waals surface area contributed by atoms with E-state index in [-0.39, 0.29) is 17.7 Å². The van der Waals surface area contributed by atoms with Crippen molar-refractivity contribution in [1.29, 1.82) is 0 Å². The van der Waals surface area contributed by atoms with Gasteiger partial charge in [0.15, 0.2) is 0 Å². The summed E-state index contributed by atoms with van der Waals surface area (Å²) in [5.74, 6) is -0.294. The number of methoxy groups -OCH3 is 1. The highest BCUT2D eigenvalue weighted by Gasteiger charge is 2.16. The van der Waals surface area contributed by atoms with Gasteiger partial charge in [0.25, 0.3) is 11.6 Å². The zero-order valence-electron chi connectivity index (χ0n) is 11.1. The van der Waals surface area contributed by atoms with Crippen LogP contribution in [0.5, 0.6) is 0 Å². The van der Waals surface area contributed by atoms with Crippen molar-refractivity contribution in [1.82, 2.24) is 5.32 Å². The van der Waals surface area contributed by atoms with Crippen LogP contribution >= 0.6 is 0 Å².